The molecule has 0 saturated heterocycles. The molecule has 0 amide bonds. The molecule has 86 valence electrons. The monoisotopic (exact) mass is 201 g/mol. The standard InChI is InChI=1S/C12H27NO/c1-4-7-9-11-13-12(14,6-3)10-8-5-2/h13-14H,4-11H2,1-3H3. The molecule has 0 aromatic carbocycles. The normalized spacial score (nSPS) is 15.4. The van der Waals surface area contributed by atoms with Crippen LogP contribution in [-0.4, -0.2) is 17.4 Å². The van der Waals surface area contributed by atoms with Gasteiger partial charge in [0.1, 0.15) is 5.72 Å². The van der Waals surface area contributed by atoms with Crippen LogP contribution in [0.1, 0.15) is 65.7 Å². The number of rotatable bonds is 9. The molecule has 0 aliphatic heterocycles. The van der Waals surface area contributed by atoms with E-state index in [4.69, 9.17) is 0 Å². The predicted molar refractivity (Wildman–Crippen MR) is 62.3 cm³/mol. The minimum atomic E-state index is -0.607. The van der Waals surface area contributed by atoms with Gasteiger partial charge in [0.05, 0.1) is 0 Å². The molecule has 2 N–H and O–H groups in total. The Labute approximate surface area is 89.1 Å². The van der Waals surface area contributed by atoms with Gasteiger partial charge in [0, 0.05) is 0 Å². The lowest BCUT2D eigenvalue weighted by molar-refractivity contribution is -0.00857. The molecule has 1 atom stereocenters. The second kappa shape index (κ2) is 8.25. The third-order valence-corrected chi connectivity index (χ3v) is 2.76. The Morgan fingerprint density at radius 2 is 1.64 bits per heavy atom. The van der Waals surface area contributed by atoms with Crippen LogP contribution >= 0.6 is 0 Å². The van der Waals surface area contributed by atoms with Crippen molar-refractivity contribution >= 4 is 0 Å². The Morgan fingerprint density at radius 1 is 1.00 bits per heavy atom. The van der Waals surface area contributed by atoms with Crippen LogP contribution in [-0.2, 0) is 0 Å². The van der Waals surface area contributed by atoms with Crippen LogP contribution in [0.2, 0.25) is 0 Å². The van der Waals surface area contributed by atoms with E-state index in [9.17, 15) is 5.11 Å². The van der Waals surface area contributed by atoms with E-state index in [-0.39, 0.29) is 0 Å². The molecule has 1 unspecified atom stereocenters. The van der Waals surface area contributed by atoms with E-state index >= 15 is 0 Å². The molecule has 0 fully saturated rings. The van der Waals surface area contributed by atoms with Crippen molar-refractivity contribution in [2.75, 3.05) is 6.54 Å². The molecule has 0 heterocycles. The fourth-order valence-electron chi connectivity index (χ4n) is 1.56. The summed E-state index contributed by atoms with van der Waals surface area (Å²) in [5.74, 6) is 0. The summed E-state index contributed by atoms with van der Waals surface area (Å²) in [7, 11) is 0. The first kappa shape index (κ1) is 13.9. The number of unbranched alkanes of at least 4 members (excludes halogenated alkanes) is 3. The minimum absolute atomic E-state index is 0.607. The number of aliphatic hydroxyl groups is 1. The lowest BCUT2D eigenvalue weighted by Crippen LogP contribution is -2.45. The summed E-state index contributed by atoms with van der Waals surface area (Å²) < 4.78 is 0. The molecule has 0 aliphatic rings. The van der Waals surface area contributed by atoms with E-state index in [2.05, 4.69) is 19.2 Å². The second-order valence-corrected chi connectivity index (χ2v) is 4.12. The average Bonchev–Trinajstić information content (AvgIpc) is 2.22. The van der Waals surface area contributed by atoms with Crippen LogP contribution in [0.25, 0.3) is 0 Å². The van der Waals surface area contributed by atoms with Gasteiger partial charge in [-0.1, -0.05) is 40.0 Å². The van der Waals surface area contributed by atoms with Crippen LogP contribution < -0.4 is 5.32 Å². The fraction of sp³-hybridized carbons (Fsp3) is 1.00. The van der Waals surface area contributed by atoms with Gasteiger partial charge in [0.25, 0.3) is 0 Å². The molecule has 2 nitrogen and oxygen atoms in total. The largest absolute Gasteiger partial charge is 0.376 e. The van der Waals surface area contributed by atoms with Crippen molar-refractivity contribution in [3.8, 4) is 0 Å². The number of hydrogen-bond acceptors (Lipinski definition) is 2. The summed E-state index contributed by atoms with van der Waals surface area (Å²) in [5.41, 5.74) is -0.607. The SMILES string of the molecule is CCCCCNC(O)(CC)CCCC. The van der Waals surface area contributed by atoms with Gasteiger partial charge in [-0.2, -0.15) is 0 Å². The van der Waals surface area contributed by atoms with Crippen molar-refractivity contribution in [2.45, 2.75) is 71.4 Å². The first-order valence-electron chi connectivity index (χ1n) is 6.16. The van der Waals surface area contributed by atoms with Crippen molar-refractivity contribution in [1.82, 2.24) is 5.32 Å². The van der Waals surface area contributed by atoms with Gasteiger partial charge in [-0.15, -0.1) is 0 Å². The van der Waals surface area contributed by atoms with Gasteiger partial charge in [-0.25, -0.2) is 0 Å². The molecule has 14 heavy (non-hydrogen) atoms. The highest BCUT2D eigenvalue weighted by molar-refractivity contribution is 4.73. The molecule has 0 spiro atoms. The molecule has 0 aromatic heterocycles. The van der Waals surface area contributed by atoms with Crippen molar-refractivity contribution in [1.29, 1.82) is 0 Å². The average molecular weight is 201 g/mol. The van der Waals surface area contributed by atoms with Gasteiger partial charge >= 0.3 is 0 Å². The van der Waals surface area contributed by atoms with Gasteiger partial charge in [-0.3, -0.25) is 5.32 Å². The third kappa shape index (κ3) is 6.39. The molecule has 0 aliphatic carbocycles. The van der Waals surface area contributed by atoms with Crippen molar-refractivity contribution in [3.05, 3.63) is 0 Å². The van der Waals surface area contributed by atoms with Crippen LogP contribution in [0.5, 0.6) is 0 Å². The summed E-state index contributed by atoms with van der Waals surface area (Å²) in [5, 5.41) is 13.4. The minimum Gasteiger partial charge on any atom is -0.376 e. The lowest BCUT2D eigenvalue weighted by Gasteiger charge is -2.28. The Bertz CT molecular complexity index is 127. The molecule has 2 heteroatoms. The predicted octanol–water partition coefficient (Wildman–Crippen LogP) is 3.06. The maximum atomic E-state index is 10.1. The van der Waals surface area contributed by atoms with Crippen LogP contribution in [0, 0.1) is 0 Å². The summed E-state index contributed by atoms with van der Waals surface area (Å²) in [4.78, 5) is 0. The zero-order valence-electron chi connectivity index (χ0n) is 10.1. The fourth-order valence-corrected chi connectivity index (χ4v) is 1.56. The summed E-state index contributed by atoms with van der Waals surface area (Å²) in [6.45, 7) is 7.35. The van der Waals surface area contributed by atoms with Crippen molar-refractivity contribution in [3.63, 3.8) is 0 Å². The Morgan fingerprint density at radius 3 is 2.14 bits per heavy atom. The van der Waals surface area contributed by atoms with Crippen LogP contribution in [0.3, 0.4) is 0 Å². The van der Waals surface area contributed by atoms with Gasteiger partial charge in [0.15, 0.2) is 0 Å². The maximum Gasteiger partial charge on any atom is 0.115 e. The van der Waals surface area contributed by atoms with Crippen LogP contribution in [0.15, 0.2) is 0 Å². The Kier molecular flexibility index (Phi) is 8.20. The highest BCUT2D eigenvalue weighted by Crippen LogP contribution is 2.15. The van der Waals surface area contributed by atoms with E-state index in [1.54, 1.807) is 0 Å². The maximum absolute atomic E-state index is 10.1. The van der Waals surface area contributed by atoms with Crippen LogP contribution in [0.4, 0.5) is 0 Å². The summed E-state index contributed by atoms with van der Waals surface area (Å²) in [6, 6.07) is 0. The van der Waals surface area contributed by atoms with Gasteiger partial charge in [-0.05, 0) is 32.2 Å². The molecular weight excluding hydrogens is 174 g/mol. The molecule has 0 radical (unpaired) electrons. The van der Waals surface area contributed by atoms with Crippen molar-refractivity contribution in [2.24, 2.45) is 0 Å². The first-order chi connectivity index (χ1) is 6.68. The zero-order chi connectivity index (χ0) is 10.9. The molecule has 0 saturated carbocycles. The van der Waals surface area contributed by atoms with E-state index in [0.29, 0.717) is 0 Å². The zero-order valence-corrected chi connectivity index (χ0v) is 10.1. The Hall–Kier alpha value is -0.0800. The quantitative estimate of drug-likeness (QED) is 0.444. The number of hydrogen-bond donors (Lipinski definition) is 2. The van der Waals surface area contributed by atoms with E-state index < -0.39 is 5.72 Å². The van der Waals surface area contributed by atoms with Gasteiger partial charge < -0.3 is 5.11 Å². The molecular formula is C12H27NO. The topological polar surface area (TPSA) is 32.3 Å². The Balaban J connectivity index is 3.63. The molecule has 0 aromatic rings. The first-order valence-corrected chi connectivity index (χ1v) is 6.16. The second-order valence-electron chi connectivity index (χ2n) is 4.12. The lowest BCUT2D eigenvalue weighted by atomic mass is 10.0. The third-order valence-electron chi connectivity index (χ3n) is 2.76. The molecule has 0 bridgehead atoms. The highest BCUT2D eigenvalue weighted by atomic mass is 16.3. The van der Waals surface area contributed by atoms with E-state index in [1.807, 2.05) is 6.92 Å². The van der Waals surface area contributed by atoms with E-state index in [1.165, 1.54) is 19.3 Å². The summed E-state index contributed by atoms with van der Waals surface area (Å²) >= 11 is 0. The highest BCUT2D eigenvalue weighted by Gasteiger charge is 2.21. The van der Waals surface area contributed by atoms with Crippen molar-refractivity contribution < 1.29 is 5.11 Å². The number of nitrogens with one attached hydrogen (secondary N) is 1. The smallest absolute Gasteiger partial charge is 0.115 e. The van der Waals surface area contributed by atoms with Gasteiger partial charge in [0.2, 0.25) is 0 Å². The molecule has 0 rings (SSSR count). The van der Waals surface area contributed by atoms with E-state index in [0.717, 1.165) is 32.2 Å². The summed E-state index contributed by atoms with van der Waals surface area (Å²) in [6.07, 6.45) is 7.60.